The molecular formula is C23H18FN3O. The standard InChI is InChI=1S/C23H18FN3O/c1-14-22(16-7-9-18(24)10-8-16)23-25-20-11-17(15-5-3-2-4-6-15)12-21(28)19(20)13-27(23)26-14/h2-10,13,17H,11-12H2,1H3. The highest BCUT2D eigenvalue weighted by atomic mass is 19.1. The van der Waals surface area contributed by atoms with Gasteiger partial charge in [0.1, 0.15) is 5.82 Å². The molecular weight excluding hydrogens is 353 g/mol. The molecule has 0 saturated heterocycles. The first kappa shape index (κ1) is 16.8. The minimum absolute atomic E-state index is 0.0981. The number of hydrogen-bond donors (Lipinski definition) is 0. The molecule has 4 nitrogen and oxygen atoms in total. The molecule has 0 saturated carbocycles. The predicted octanol–water partition coefficient (Wildman–Crippen LogP) is 4.76. The number of carbonyl (C=O) groups excluding carboxylic acids is 1. The molecule has 0 spiro atoms. The third-order valence-electron chi connectivity index (χ3n) is 5.44. The van der Waals surface area contributed by atoms with Gasteiger partial charge in [0.25, 0.3) is 0 Å². The van der Waals surface area contributed by atoms with Crippen molar-refractivity contribution >= 4 is 11.4 Å². The zero-order valence-electron chi connectivity index (χ0n) is 15.4. The molecule has 2 heterocycles. The molecule has 28 heavy (non-hydrogen) atoms. The maximum absolute atomic E-state index is 13.3. The van der Waals surface area contributed by atoms with Gasteiger partial charge < -0.3 is 0 Å². The van der Waals surface area contributed by atoms with Crippen molar-refractivity contribution in [2.24, 2.45) is 0 Å². The van der Waals surface area contributed by atoms with Crippen LogP contribution in [-0.4, -0.2) is 20.4 Å². The highest BCUT2D eigenvalue weighted by Crippen LogP contribution is 2.34. The van der Waals surface area contributed by atoms with E-state index in [1.54, 1.807) is 22.8 Å². The van der Waals surface area contributed by atoms with Crippen LogP contribution in [0.3, 0.4) is 0 Å². The van der Waals surface area contributed by atoms with Crippen LogP contribution in [0.15, 0.2) is 60.8 Å². The van der Waals surface area contributed by atoms with Crippen molar-refractivity contribution in [3.8, 4) is 11.1 Å². The number of nitrogens with zero attached hydrogens (tertiary/aromatic N) is 3. The van der Waals surface area contributed by atoms with Crippen molar-refractivity contribution < 1.29 is 9.18 Å². The fraction of sp³-hybridized carbons (Fsp3) is 0.174. The Morgan fingerprint density at radius 2 is 1.79 bits per heavy atom. The smallest absolute Gasteiger partial charge is 0.166 e. The number of fused-ring (bicyclic) bond motifs is 2. The van der Waals surface area contributed by atoms with Crippen LogP contribution in [0.1, 0.15) is 39.6 Å². The summed E-state index contributed by atoms with van der Waals surface area (Å²) >= 11 is 0. The number of ketones is 1. The third-order valence-corrected chi connectivity index (χ3v) is 5.44. The van der Waals surface area contributed by atoms with Crippen molar-refractivity contribution in [1.82, 2.24) is 14.6 Å². The highest BCUT2D eigenvalue weighted by molar-refractivity contribution is 5.99. The van der Waals surface area contributed by atoms with Crippen molar-refractivity contribution in [3.63, 3.8) is 0 Å². The lowest BCUT2D eigenvalue weighted by atomic mass is 9.82. The van der Waals surface area contributed by atoms with Gasteiger partial charge in [-0.1, -0.05) is 42.5 Å². The van der Waals surface area contributed by atoms with E-state index in [4.69, 9.17) is 4.98 Å². The second-order valence-electron chi connectivity index (χ2n) is 7.28. The van der Waals surface area contributed by atoms with Crippen LogP contribution in [0.25, 0.3) is 16.8 Å². The number of Topliss-reactive ketones (excluding diaryl/α,β-unsaturated/α-hetero) is 1. The number of aryl methyl sites for hydroxylation is 1. The highest BCUT2D eigenvalue weighted by Gasteiger charge is 2.29. The molecule has 0 aliphatic heterocycles. The Morgan fingerprint density at radius 3 is 2.54 bits per heavy atom. The van der Waals surface area contributed by atoms with Crippen LogP contribution >= 0.6 is 0 Å². The van der Waals surface area contributed by atoms with E-state index in [1.165, 1.54) is 12.1 Å². The molecule has 0 N–H and O–H groups in total. The third kappa shape index (κ3) is 2.71. The van der Waals surface area contributed by atoms with Gasteiger partial charge in [0.15, 0.2) is 11.4 Å². The molecule has 4 aromatic rings. The molecule has 2 aromatic heterocycles. The summed E-state index contributed by atoms with van der Waals surface area (Å²) in [5.74, 6) is -0.0463. The van der Waals surface area contributed by atoms with Crippen molar-refractivity contribution in [1.29, 1.82) is 0 Å². The maximum atomic E-state index is 13.3. The molecule has 2 aromatic carbocycles. The van der Waals surface area contributed by atoms with Crippen molar-refractivity contribution in [2.75, 3.05) is 0 Å². The van der Waals surface area contributed by atoms with Gasteiger partial charge in [0.2, 0.25) is 0 Å². The molecule has 0 fully saturated rings. The van der Waals surface area contributed by atoms with Gasteiger partial charge in [0.05, 0.1) is 17.0 Å². The number of benzene rings is 2. The zero-order valence-corrected chi connectivity index (χ0v) is 15.4. The van der Waals surface area contributed by atoms with Crippen LogP contribution < -0.4 is 0 Å². The fourth-order valence-corrected chi connectivity index (χ4v) is 4.06. The molecule has 1 aliphatic rings. The molecule has 0 amide bonds. The van der Waals surface area contributed by atoms with Gasteiger partial charge in [-0.3, -0.25) is 4.79 Å². The number of halogens is 1. The van der Waals surface area contributed by atoms with E-state index in [9.17, 15) is 9.18 Å². The summed E-state index contributed by atoms with van der Waals surface area (Å²) in [7, 11) is 0. The van der Waals surface area contributed by atoms with Gasteiger partial charge in [-0.15, -0.1) is 0 Å². The largest absolute Gasteiger partial charge is 0.294 e. The van der Waals surface area contributed by atoms with Crippen molar-refractivity contribution in [2.45, 2.75) is 25.7 Å². The van der Waals surface area contributed by atoms with E-state index in [1.807, 2.05) is 25.1 Å². The van der Waals surface area contributed by atoms with Gasteiger partial charge in [-0.2, -0.15) is 5.10 Å². The molecule has 5 heteroatoms. The van der Waals surface area contributed by atoms with Crippen LogP contribution in [0.5, 0.6) is 0 Å². The van der Waals surface area contributed by atoms with Gasteiger partial charge in [0, 0.05) is 18.2 Å². The Hall–Kier alpha value is -3.34. The Bertz CT molecular complexity index is 1200. The maximum Gasteiger partial charge on any atom is 0.166 e. The lowest BCUT2D eigenvalue weighted by molar-refractivity contribution is 0.0962. The minimum atomic E-state index is -0.278. The monoisotopic (exact) mass is 371 g/mol. The summed E-state index contributed by atoms with van der Waals surface area (Å²) in [5.41, 5.74) is 5.85. The number of aromatic nitrogens is 3. The van der Waals surface area contributed by atoms with E-state index in [2.05, 4.69) is 17.2 Å². The summed E-state index contributed by atoms with van der Waals surface area (Å²) in [6.45, 7) is 1.90. The Morgan fingerprint density at radius 1 is 1.04 bits per heavy atom. The summed E-state index contributed by atoms with van der Waals surface area (Å²) in [4.78, 5) is 17.6. The number of carbonyl (C=O) groups is 1. The topological polar surface area (TPSA) is 47.3 Å². The average molecular weight is 371 g/mol. The second kappa shape index (κ2) is 6.37. The van der Waals surface area contributed by atoms with Crippen LogP contribution in [0.2, 0.25) is 0 Å². The van der Waals surface area contributed by atoms with E-state index < -0.39 is 0 Å². The average Bonchev–Trinajstić information content (AvgIpc) is 3.03. The van der Waals surface area contributed by atoms with Gasteiger partial charge in [-0.25, -0.2) is 13.9 Å². The number of hydrogen-bond acceptors (Lipinski definition) is 3. The first-order valence-electron chi connectivity index (χ1n) is 9.33. The molecule has 138 valence electrons. The van der Waals surface area contributed by atoms with Crippen LogP contribution in [0.4, 0.5) is 4.39 Å². The lowest BCUT2D eigenvalue weighted by Gasteiger charge is -2.23. The lowest BCUT2D eigenvalue weighted by Crippen LogP contribution is -2.21. The van der Waals surface area contributed by atoms with Crippen LogP contribution in [-0.2, 0) is 6.42 Å². The first-order valence-corrected chi connectivity index (χ1v) is 9.33. The quantitative estimate of drug-likeness (QED) is 0.511. The molecule has 5 rings (SSSR count). The zero-order chi connectivity index (χ0) is 19.3. The van der Waals surface area contributed by atoms with E-state index in [0.717, 1.165) is 28.1 Å². The van der Waals surface area contributed by atoms with Gasteiger partial charge in [-0.05, 0) is 42.5 Å². The summed E-state index contributed by atoms with van der Waals surface area (Å²) in [5, 5.41) is 4.54. The minimum Gasteiger partial charge on any atom is -0.294 e. The Labute approximate surface area is 161 Å². The summed E-state index contributed by atoms with van der Waals surface area (Å²) in [6.07, 6.45) is 2.99. The first-order chi connectivity index (χ1) is 13.6. The molecule has 1 atom stereocenters. The van der Waals surface area contributed by atoms with Gasteiger partial charge >= 0.3 is 0 Å². The molecule has 0 radical (unpaired) electrons. The van der Waals surface area contributed by atoms with Crippen molar-refractivity contribution in [3.05, 3.63) is 89.1 Å². The summed E-state index contributed by atoms with van der Waals surface area (Å²) < 4.78 is 15.0. The van der Waals surface area contributed by atoms with E-state index in [-0.39, 0.29) is 17.5 Å². The molecule has 1 aliphatic carbocycles. The second-order valence-corrected chi connectivity index (χ2v) is 7.28. The SMILES string of the molecule is Cc1nn2cc3c(nc2c1-c1ccc(F)cc1)CC(c1ccccc1)CC3=O. The normalized spacial score (nSPS) is 16.4. The predicted molar refractivity (Wildman–Crippen MR) is 105 cm³/mol. The Kier molecular flexibility index (Phi) is 3.83. The van der Waals surface area contributed by atoms with E-state index >= 15 is 0 Å². The molecule has 0 bridgehead atoms. The number of rotatable bonds is 2. The Balaban J connectivity index is 1.64. The summed E-state index contributed by atoms with van der Waals surface area (Å²) in [6, 6.07) is 16.4. The van der Waals surface area contributed by atoms with E-state index in [0.29, 0.717) is 24.1 Å². The van der Waals surface area contributed by atoms with Crippen LogP contribution in [0, 0.1) is 12.7 Å². The fourth-order valence-electron chi connectivity index (χ4n) is 4.06. The molecule has 1 unspecified atom stereocenters.